The molecule has 0 saturated heterocycles. The van der Waals surface area contributed by atoms with E-state index in [4.69, 9.17) is 4.74 Å². The van der Waals surface area contributed by atoms with E-state index in [1.165, 1.54) is 12.3 Å². The SMILES string of the molecule is COc1ccc(C=CC=NNC(=O)Cc2ccccc2[N+](=O)[O-])cc1. The molecule has 0 unspecified atom stereocenters. The van der Waals surface area contributed by atoms with Crippen molar-refractivity contribution in [3.8, 4) is 5.75 Å². The molecule has 0 aliphatic carbocycles. The van der Waals surface area contributed by atoms with Crippen LogP contribution >= 0.6 is 0 Å². The molecule has 0 radical (unpaired) electrons. The fourth-order valence-corrected chi connectivity index (χ4v) is 2.07. The number of hydrogen-bond acceptors (Lipinski definition) is 5. The van der Waals surface area contributed by atoms with Gasteiger partial charge in [-0.3, -0.25) is 14.9 Å². The molecule has 1 N–H and O–H groups in total. The molecule has 2 aromatic carbocycles. The molecule has 0 aromatic heterocycles. The zero-order valence-electron chi connectivity index (χ0n) is 13.6. The van der Waals surface area contributed by atoms with E-state index in [1.54, 1.807) is 31.4 Å². The van der Waals surface area contributed by atoms with Crippen molar-refractivity contribution in [2.75, 3.05) is 7.11 Å². The average Bonchev–Trinajstić information content (AvgIpc) is 2.62. The van der Waals surface area contributed by atoms with Gasteiger partial charge in [-0.2, -0.15) is 5.10 Å². The molecule has 0 saturated carbocycles. The Morgan fingerprint density at radius 1 is 1.24 bits per heavy atom. The zero-order chi connectivity index (χ0) is 18.1. The van der Waals surface area contributed by atoms with Crippen LogP contribution in [-0.2, 0) is 11.2 Å². The van der Waals surface area contributed by atoms with Crippen LogP contribution in [0.1, 0.15) is 11.1 Å². The highest BCUT2D eigenvalue weighted by molar-refractivity contribution is 5.83. The van der Waals surface area contributed by atoms with E-state index >= 15 is 0 Å². The van der Waals surface area contributed by atoms with Crippen molar-refractivity contribution in [1.29, 1.82) is 0 Å². The van der Waals surface area contributed by atoms with Gasteiger partial charge in [0.05, 0.1) is 18.5 Å². The lowest BCUT2D eigenvalue weighted by molar-refractivity contribution is -0.385. The fraction of sp³-hybridized carbons (Fsp3) is 0.111. The Morgan fingerprint density at radius 2 is 1.96 bits per heavy atom. The summed E-state index contributed by atoms with van der Waals surface area (Å²) in [5.74, 6) is 0.344. The molecule has 128 valence electrons. The smallest absolute Gasteiger partial charge is 0.273 e. The van der Waals surface area contributed by atoms with E-state index in [2.05, 4.69) is 10.5 Å². The Balaban J connectivity index is 1.86. The molecule has 2 aromatic rings. The van der Waals surface area contributed by atoms with Gasteiger partial charge in [0, 0.05) is 17.8 Å². The maximum absolute atomic E-state index is 11.8. The third kappa shape index (κ3) is 5.58. The first kappa shape index (κ1) is 17.9. The summed E-state index contributed by atoms with van der Waals surface area (Å²) in [6, 6.07) is 13.6. The number of nitrogens with one attached hydrogen (secondary N) is 1. The van der Waals surface area contributed by atoms with Crippen LogP contribution in [0.2, 0.25) is 0 Å². The lowest BCUT2D eigenvalue weighted by Gasteiger charge is -2.01. The Kier molecular flexibility index (Phi) is 6.41. The van der Waals surface area contributed by atoms with Crippen molar-refractivity contribution < 1.29 is 14.5 Å². The van der Waals surface area contributed by atoms with Crippen molar-refractivity contribution >= 4 is 23.9 Å². The fourth-order valence-electron chi connectivity index (χ4n) is 2.07. The van der Waals surface area contributed by atoms with Crippen LogP contribution in [0, 0.1) is 10.1 Å². The predicted molar refractivity (Wildman–Crippen MR) is 95.5 cm³/mol. The van der Waals surface area contributed by atoms with Gasteiger partial charge in [-0.15, -0.1) is 0 Å². The van der Waals surface area contributed by atoms with E-state index < -0.39 is 10.8 Å². The number of nitro benzene ring substituents is 1. The summed E-state index contributed by atoms with van der Waals surface area (Å²) >= 11 is 0. The second-order valence-corrected chi connectivity index (χ2v) is 5.01. The quantitative estimate of drug-likeness (QED) is 0.477. The number of nitro groups is 1. The Hall–Kier alpha value is -3.48. The molecule has 0 aliphatic rings. The molecule has 0 spiro atoms. The molecule has 0 bridgehead atoms. The first-order valence-electron chi connectivity index (χ1n) is 7.45. The number of carbonyl (C=O) groups excluding carboxylic acids is 1. The molecule has 7 heteroatoms. The zero-order valence-corrected chi connectivity index (χ0v) is 13.6. The predicted octanol–water partition coefficient (Wildman–Crippen LogP) is 2.96. The molecular formula is C18H17N3O4. The minimum atomic E-state index is -0.510. The van der Waals surface area contributed by atoms with E-state index in [-0.39, 0.29) is 12.1 Å². The van der Waals surface area contributed by atoms with Gasteiger partial charge in [0.15, 0.2) is 0 Å². The highest BCUT2D eigenvalue weighted by atomic mass is 16.6. The first-order valence-corrected chi connectivity index (χ1v) is 7.45. The highest BCUT2D eigenvalue weighted by Gasteiger charge is 2.14. The monoisotopic (exact) mass is 339 g/mol. The van der Waals surface area contributed by atoms with Gasteiger partial charge in [0.25, 0.3) is 5.69 Å². The molecule has 25 heavy (non-hydrogen) atoms. The second-order valence-electron chi connectivity index (χ2n) is 5.01. The molecule has 0 fully saturated rings. The van der Waals surface area contributed by atoms with Crippen LogP contribution in [0.5, 0.6) is 5.75 Å². The molecule has 0 atom stereocenters. The van der Waals surface area contributed by atoms with Crippen molar-refractivity contribution in [2.24, 2.45) is 5.10 Å². The number of carbonyl (C=O) groups is 1. The Morgan fingerprint density at radius 3 is 2.64 bits per heavy atom. The van der Waals surface area contributed by atoms with Gasteiger partial charge >= 0.3 is 0 Å². The molecule has 0 aliphatic heterocycles. The summed E-state index contributed by atoms with van der Waals surface area (Å²) in [6.07, 6.45) is 4.81. The number of hydrazone groups is 1. The molecular weight excluding hydrogens is 322 g/mol. The van der Waals surface area contributed by atoms with Gasteiger partial charge in [-0.1, -0.05) is 36.4 Å². The maximum atomic E-state index is 11.8. The van der Waals surface area contributed by atoms with Crippen molar-refractivity contribution in [3.63, 3.8) is 0 Å². The third-order valence-corrected chi connectivity index (χ3v) is 3.29. The first-order chi connectivity index (χ1) is 12.1. The summed E-state index contributed by atoms with van der Waals surface area (Å²) in [7, 11) is 1.60. The normalized spacial score (nSPS) is 10.9. The lowest BCUT2D eigenvalue weighted by atomic mass is 10.1. The molecule has 7 nitrogen and oxygen atoms in total. The second kappa shape index (κ2) is 8.97. The number of amides is 1. The third-order valence-electron chi connectivity index (χ3n) is 3.29. The number of nitrogens with zero attached hydrogens (tertiary/aromatic N) is 2. The lowest BCUT2D eigenvalue weighted by Crippen LogP contribution is -2.20. The molecule has 0 heterocycles. The summed E-state index contributed by atoms with van der Waals surface area (Å²) in [5.41, 5.74) is 3.55. The van der Waals surface area contributed by atoms with Gasteiger partial charge < -0.3 is 4.74 Å². The number of allylic oxidation sites excluding steroid dienone is 1. The number of rotatable bonds is 7. The highest BCUT2D eigenvalue weighted by Crippen LogP contribution is 2.17. The van der Waals surface area contributed by atoms with Crippen LogP contribution in [0.15, 0.2) is 59.7 Å². The van der Waals surface area contributed by atoms with Crippen LogP contribution in [0.4, 0.5) is 5.69 Å². The number of methoxy groups -OCH3 is 1. The minimum Gasteiger partial charge on any atom is -0.497 e. The van der Waals surface area contributed by atoms with E-state index in [0.717, 1.165) is 11.3 Å². The van der Waals surface area contributed by atoms with Gasteiger partial charge in [0.1, 0.15) is 5.75 Å². The standard InChI is InChI=1S/C18H17N3O4/c1-25-16-10-8-14(9-11-16)5-4-12-19-20-18(22)13-15-6-2-3-7-17(15)21(23)24/h2-12H,13H2,1H3,(H,20,22). The summed E-state index contributed by atoms with van der Waals surface area (Å²) in [4.78, 5) is 22.2. The summed E-state index contributed by atoms with van der Waals surface area (Å²) in [5, 5.41) is 14.7. The van der Waals surface area contributed by atoms with Crippen molar-refractivity contribution in [3.05, 3.63) is 75.8 Å². The van der Waals surface area contributed by atoms with Gasteiger partial charge in [0.2, 0.25) is 5.91 Å². The molecule has 1 amide bonds. The Bertz CT molecular complexity index is 798. The maximum Gasteiger partial charge on any atom is 0.273 e. The number of para-hydroxylation sites is 1. The van der Waals surface area contributed by atoms with Crippen LogP contribution < -0.4 is 10.2 Å². The number of ether oxygens (including phenoxy) is 1. The number of benzene rings is 2. The van der Waals surface area contributed by atoms with Crippen LogP contribution in [0.3, 0.4) is 0 Å². The van der Waals surface area contributed by atoms with Crippen molar-refractivity contribution in [2.45, 2.75) is 6.42 Å². The number of hydrogen-bond donors (Lipinski definition) is 1. The van der Waals surface area contributed by atoms with E-state index in [0.29, 0.717) is 5.56 Å². The Labute approximate surface area is 144 Å². The summed E-state index contributed by atoms with van der Waals surface area (Å²) < 4.78 is 5.07. The van der Waals surface area contributed by atoms with Gasteiger partial charge in [-0.25, -0.2) is 5.43 Å². The topological polar surface area (TPSA) is 93.8 Å². The van der Waals surface area contributed by atoms with E-state index in [9.17, 15) is 14.9 Å². The largest absolute Gasteiger partial charge is 0.497 e. The van der Waals surface area contributed by atoms with Crippen LogP contribution in [0.25, 0.3) is 6.08 Å². The van der Waals surface area contributed by atoms with Crippen LogP contribution in [-0.4, -0.2) is 24.2 Å². The average molecular weight is 339 g/mol. The van der Waals surface area contributed by atoms with Crippen molar-refractivity contribution in [1.82, 2.24) is 5.43 Å². The molecule has 2 rings (SSSR count). The summed E-state index contributed by atoms with van der Waals surface area (Å²) in [6.45, 7) is 0. The van der Waals surface area contributed by atoms with E-state index in [1.807, 2.05) is 30.3 Å². The van der Waals surface area contributed by atoms with Gasteiger partial charge in [-0.05, 0) is 23.8 Å². The minimum absolute atomic E-state index is 0.0824.